The summed E-state index contributed by atoms with van der Waals surface area (Å²) < 4.78 is 0. The summed E-state index contributed by atoms with van der Waals surface area (Å²) in [5, 5.41) is 4.37. The Bertz CT molecular complexity index is 890. The Morgan fingerprint density at radius 2 is 1.56 bits per heavy atom. The van der Waals surface area contributed by atoms with E-state index in [2.05, 4.69) is 5.32 Å². The number of amides is 5. The highest BCUT2D eigenvalue weighted by Gasteiger charge is 2.20. The van der Waals surface area contributed by atoms with Crippen LogP contribution in [0, 0.1) is 0 Å². The molecule has 0 saturated heterocycles. The van der Waals surface area contributed by atoms with Crippen molar-refractivity contribution in [2.75, 3.05) is 10.0 Å². The molecule has 2 aromatic rings. The second kappa shape index (κ2) is 8.36. The zero-order valence-corrected chi connectivity index (χ0v) is 14.8. The predicted molar refractivity (Wildman–Crippen MR) is 102 cm³/mol. The number of nitrogens with one attached hydrogen (secondary N) is 1. The fourth-order valence-electron chi connectivity index (χ4n) is 2.23. The molecule has 9 N–H and O–H groups in total. The number of hydrogen-bond donors (Lipinski definition) is 5. The lowest BCUT2D eigenvalue weighted by atomic mass is 10.1. The van der Waals surface area contributed by atoms with Crippen LogP contribution < -0.4 is 38.5 Å². The lowest BCUT2D eigenvalue weighted by molar-refractivity contribution is 0.0951. The predicted octanol–water partition coefficient (Wildman–Crippen LogP) is 0.788. The van der Waals surface area contributed by atoms with E-state index in [1.54, 1.807) is 24.3 Å². The van der Waals surface area contributed by atoms with Crippen LogP contribution in [0.1, 0.15) is 15.9 Å². The van der Waals surface area contributed by atoms with Crippen molar-refractivity contribution in [2.24, 2.45) is 23.2 Å². The summed E-state index contributed by atoms with van der Waals surface area (Å²) in [6.07, 6.45) is 0. The van der Waals surface area contributed by atoms with Crippen molar-refractivity contribution in [1.82, 2.24) is 5.32 Å². The van der Waals surface area contributed by atoms with Gasteiger partial charge in [-0.3, -0.25) is 4.79 Å². The molecule has 0 radical (unpaired) electrons. The maximum atomic E-state index is 12.4. The summed E-state index contributed by atoms with van der Waals surface area (Å²) >= 11 is 5.90. The third kappa shape index (κ3) is 4.85. The van der Waals surface area contributed by atoms with E-state index < -0.39 is 18.0 Å². The number of anilines is 2. The highest BCUT2D eigenvalue weighted by atomic mass is 35.5. The van der Waals surface area contributed by atoms with E-state index in [9.17, 15) is 14.4 Å². The molecule has 0 aromatic heterocycles. The first-order valence-corrected chi connectivity index (χ1v) is 7.93. The van der Waals surface area contributed by atoms with Gasteiger partial charge in [-0.15, -0.1) is 0 Å². The number of hydrazine groups is 2. The molecule has 0 aliphatic rings. The van der Waals surface area contributed by atoms with E-state index >= 15 is 0 Å². The van der Waals surface area contributed by atoms with Crippen molar-refractivity contribution in [3.63, 3.8) is 0 Å². The van der Waals surface area contributed by atoms with E-state index in [-0.39, 0.29) is 23.5 Å². The quantitative estimate of drug-likeness (QED) is 0.287. The van der Waals surface area contributed by atoms with Crippen molar-refractivity contribution in [2.45, 2.75) is 6.54 Å². The summed E-state index contributed by atoms with van der Waals surface area (Å²) in [4.78, 5) is 35.1. The normalized spacial score (nSPS) is 10.2. The van der Waals surface area contributed by atoms with Crippen LogP contribution in [0.2, 0.25) is 5.02 Å². The first-order valence-electron chi connectivity index (χ1n) is 7.56. The van der Waals surface area contributed by atoms with E-state index in [1.165, 1.54) is 18.2 Å². The molecule has 0 spiro atoms. The number of hydrogen-bond acceptors (Lipinski definition) is 5. The minimum atomic E-state index is -1.02. The van der Waals surface area contributed by atoms with Gasteiger partial charge in [0, 0.05) is 17.1 Å². The molecule has 2 aromatic carbocycles. The number of carbonyl (C=O) groups excluding carboxylic acids is 3. The van der Waals surface area contributed by atoms with E-state index in [4.69, 9.17) is 34.8 Å². The lowest BCUT2D eigenvalue weighted by Crippen LogP contribution is -2.46. The SMILES string of the molecule is NC(=O)N(N)c1ccc(C(=O)NCc2cccc(Cl)c2)cc1N(N)C(N)=O. The Hall–Kier alpha value is -3.34. The fraction of sp³-hybridized carbons (Fsp3) is 0.0625. The Balaban J connectivity index is 2.28. The maximum Gasteiger partial charge on any atom is 0.333 e. The Labute approximate surface area is 159 Å². The molecule has 11 heteroatoms. The maximum absolute atomic E-state index is 12.4. The lowest BCUT2D eigenvalue weighted by Gasteiger charge is -2.23. The first kappa shape index (κ1) is 20.0. The third-order valence-corrected chi connectivity index (χ3v) is 3.81. The first-order chi connectivity index (χ1) is 12.7. The largest absolute Gasteiger partial charge is 0.350 e. The van der Waals surface area contributed by atoms with Gasteiger partial charge < -0.3 is 16.8 Å². The highest BCUT2D eigenvalue weighted by molar-refractivity contribution is 6.30. The topological polar surface area (TPSA) is 174 Å². The van der Waals surface area contributed by atoms with Gasteiger partial charge in [-0.05, 0) is 35.9 Å². The molecule has 0 saturated carbocycles. The van der Waals surface area contributed by atoms with Crippen molar-refractivity contribution in [3.8, 4) is 0 Å². The average molecular weight is 392 g/mol. The van der Waals surface area contributed by atoms with E-state index in [1.807, 2.05) is 0 Å². The number of carbonyl (C=O) groups is 3. The average Bonchev–Trinajstić information content (AvgIpc) is 2.64. The van der Waals surface area contributed by atoms with Crippen molar-refractivity contribution in [1.29, 1.82) is 0 Å². The summed E-state index contributed by atoms with van der Waals surface area (Å²) in [5.74, 6) is 10.7. The summed E-state index contributed by atoms with van der Waals surface area (Å²) in [6.45, 7) is 0.225. The summed E-state index contributed by atoms with van der Waals surface area (Å²) in [5.41, 5.74) is 11.2. The van der Waals surface area contributed by atoms with Gasteiger partial charge in [0.1, 0.15) is 0 Å². The van der Waals surface area contributed by atoms with Gasteiger partial charge in [0.25, 0.3) is 5.91 Å². The van der Waals surface area contributed by atoms with Crippen molar-refractivity contribution in [3.05, 3.63) is 58.6 Å². The number of primary amides is 2. The van der Waals surface area contributed by atoms with Gasteiger partial charge in [0.15, 0.2) is 0 Å². The summed E-state index contributed by atoms with van der Waals surface area (Å²) in [6, 6.07) is 8.94. The van der Waals surface area contributed by atoms with Crippen LogP contribution in [0.3, 0.4) is 0 Å². The second-order valence-electron chi connectivity index (χ2n) is 5.43. The molecule has 0 heterocycles. The molecular formula is C16H18ClN7O3. The van der Waals surface area contributed by atoms with Crippen LogP contribution in [0.4, 0.5) is 21.0 Å². The van der Waals surface area contributed by atoms with Gasteiger partial charge in [0.05, 0.1) is 11.4 Å². The molecule has 5 amide bonds. The molecule has 142 valence electrons. The van der Waals surface area contributed by atoms with E-state index in [0.29, 0.717) is 15.0 Å². The van der Waals surface area contributed by atoms with Gasteiger partial charge in [0.2, 0.25) is 0 Å². The molecule has 0 aliphatic heterocycles. The molecule has 0 fully saturated rings. The number of rotatable bonds is 5. The zero-order chi connectivity index (χ0) is 20.1. The molecular weight excluding hydrogens is 374 g/mol. The van der Waals surface area contributed by atoms with Crippen LogP contribution in [0.25, 0.3) is 0 Å². The Morgan fingerprint density at radius 3 is 2.15 bits per heavy atom. The van der Waals surface area contributed by atoms with Gasteiger partial charge in [-0.1, -0.05) is 23.7 Å². The van der Waals surface area contributed by atoms with Gasteiger partial charge in [-0.25, -0.2) is 31.3 Å². The number of nitrogens with zero attached hydrogens (tertiary/aromatic N) is 2. The third-order valence-electron chi connectivity index (χ3n) is 3.57. The molecule has 0 aliphatic carbocycles. The Kier molecular flexibility index (Phi) is 6.19. The highest BCUT2D eigenvalue weighted by Crippen LogP contribution is 2.28. The van der Waals surface area contributed by atoms with Crippen LogP contribution in [0.15, 0.2) is 42.5 Å². The van der Waals surface area contributed by atoms with Crippen molar-refractivity contribution < 1.29 is 14.4 Å². The zero-order valence-electron chi connectivity index (χ0n) is 14.1. The standard InChI is InChI=1S/C16H18ClN7O3/c17-11-3-1-2-9(6-11)8-22-14(25)10-4-5-12(23(20)15(18)26)13(7-10)24(21)16(19)27/h1-7H,8,20-21H2,(H2,18,26)(H2,19,27)(H,22,25). The van der Waals surface area contributed by atoms with Crippen LogP contribution >= 0.6 is 11.6 Å². The Morgan fingerprint density at radius 1 is 0.926 bits per heavy atom. The number of nitrogens with two attached hydrogens (primary N) is 4. The molecule has 0 unspecified atom stereocenters. The van der Waals surface area contributed by atoms with Gasteiger partial charge in [-0.2, -0.15) is 0 Å². The molecule has 27 heavy (non-hydrogen) atoms. The van der Waals surface area contributed by atoms with Crippen LogP contribution in [-0.2, 0) is 6.54 Å². The molecule has 0 atom stereocenters. The summed E-state index contributed by atoms with van der Waals surface area (Å²) in [7, 11) is 0. The molecule has 0 bridgehead atoms. The van der Waals surface area contributed by atoms with Crippen molar-refractivity contribution >= 4 is 40.9 Å². The molecule has 2 rings (SSSR count). The van der Waals surface area contributed by atoms with Crippen LogP contribution in [0.5, 0.6) is 0 Å². The van der Waals surface area contributed by atoms with Gasteiger partial charge >= 0.3 is 12.1 Å². The minimum absolute atomic E-state index is 0.00445. The minimum Gasteiger partial charge on any atom is -0.350 e. The molecule has 10 nitrogen and oxygen atoms in total. The monoisotopic (exact) mass is 391 g/mol. The fourth-order valence-corrected chi connectivity index (χ4v) is 2.44. The van der Waals surface area contributed by atoms with E-state index in [0.717, 1.165) is 5.56 Å². The number of halogens is 1. The number of urea groups is 2. The van der Waals surface area contributed by atoms with Crippen LogP contribution in [-0.4, -0.2) is 18.0 Å². The number of benzene rings is 2. The smallest absolute Gasteiger partial charge is 0.333 e. The second-order valence-corrected chi connectivity index (χ2v) is 5.87.